The fraction of sp³-hybridized carbons (Fsp3) is 0.0270. The van der Waals surface area contributed by atoms with Gasteiger partial charge in [-0.15, -0.1) is 0 Å². The van der Waals surface area contributed by atoms with E-state index in [1.807, 2.05) is 0 Å². The predicted octanol–water partition coefficient (Wildman–Crippen LogP) is 5.11. The molecule has 4 saturated heterocycles. The fourth-order valence-corrected chi connectivity index (χ4v) is 19.5. The van der Waals surface area contributed by atoms with Crippen LogP contribution in [0.5, 0.6) is 0 Å². The number of nitrogens with zero attached hydrogens (tertiary/aromatic N) is 2. The van der Waals surface area contributed by atoms with E-state index in [9.17, 15) is 0 Å². The van der Waals surface area contributed by atoms with Gasteiger partial charge >= 0.3 is 286 Å². The molecule has 0 unspecified atom stereocenters. The molecule has 1 aromatic heterocycles. The normalized spacial score (nSPS) is 20.5. The molecule has 6 aromatic carbocycles. The van der Waals surface area contributed by atoms with Crippen LogP contribution in [0.1, 0.15) is 22.3 Å². The molecule has 4 fully saturated rings. The van der Waals surface area contributed by atoms with E-state index < -0.39 is 11.8 Å². The summed E-state index contributed by atoms with van der Waals surface area (Å²) in [6.45, 7) is 5.46. The van der Waals surface area contributed by atoms with Crippen LogP contribution in [0.4, 0.5) is 0 Å². The zero-order valence-electron chi connectivity index (χ0n) is 26.1. The van der Waals surface area contributed by atoms with E-state index in [-0.39, 0.29) is 14.2 Å². The van der Waals surface area contributed by atoms with E-state index in [4.69, 9.17) is 4.52 Å². The first-order valence-electron chi connectivity index (χ1n) is 17.2. The second-order valence-corrected chi connectivity index (χ2v) is 21.6. The molecule has 213 valence electrons. The van der Waals surface area contributed by atoms with E-state index in [1.165, 1.54) is 71.4 Å². The van der Waals surface area contributed by atoms with Gasteiger partial charge in [-0.05, 0) is 0 Å². The van der Waals surface area contributed by atoms with Gasteiger partial charge in [0.05, 0.1) is 0 Å². The number of benzene rings is 6. The van der Waals surface area contributed by atoms with Crippen LogP contribution >= 0.6 is 13.9 Å². The average molecular weight is 633 g/mol. The van der Waals surface area contributed by atoms with Crippen LogP contribution < -0.4 is 21.7 Å². The van der Waals surface area contributed by atoms with Gasteiger partial charge in [-0.3, -0.25) is 0 Å². The van der Waals surface area contributed by atoms with Gasteiger partial charge in [0.2, 0.25) is 0 Å². The summed E-state index contributed by atoms with van der Waals surface area (Å²) in [6.07, 6.45) is -0.0874. The number of hydrogen-bond acceptors (Lipinski definition) is 1. The van der Waals surface area contributed by atoms with Crippen molar-refractivity contribution >= 4 is 104 Å². The Bertz CT molecular complexity index is 2620. The maximum atomic E-state index is 5.83. The van der Waals surface area contributed by atoms with Crippen molar-refractivity contribution in [1.29, 1.82) is 0 Å². The summed E-state index contributed by atoms with van der Waals surface area (Å²) in [4.78, 5) is 0. The van der Waals surface area contributed by atoms with Gasteiger partial charge in [0.1, 0.15) is 0 Å². The maximum absolute atomic E-state index is 5.83. The molecule has 0 amide bonds. The summed E-state index contributed by atoms with van der Waals surface area (Å²) in [5.74, 6) is 0. The van der Waals surface area contributed by atoms with Crippen molar-refractivity contribution in [2.75, 3.05) is 0 Å². The molecular formula is C37H23B7N2P2-. The van der Waals surface area contributed by atoms with Crippen molar-refractivity contribution in [2.45, 2.75) is 5.41 Å². The SMILES string of the molecule is [B]1B2[B-]P12(N=[P+]1B2[B-]B21)c1cccc2c1c1cccc3c1n2-c1cccc2c1B3c1ccccc1C2(c1ccccc1)c1ccccc1. The Balaban J connectivity index is 1.18. The van der Waals surface area contributed by atoms with E-state index in [0.29, 0.717) is 6.21 Å². The molecule has 13 rings (SSSR count). The summed E-state index contributed by atoms with van der Waals surface area (Å²) in [5.41, 5.74) is 13.2. The molecule has 0 saturated carbocycles. The number of fused-ring (bicyclic) bond motifs is 9. The summed E-state index contributed by atoms with van der Waals surface area (Å²) in [5, 5.41) is 4.37. The Morgan fingerprint density at radius 1 is 0.688 bits per heavy atom. The van der Waals surface area contributed by atoms with Crippen LogP contribution in [0.3, 0.4) is 0 Å². The Morgan fingerprint density at radius 3 is 2.04 bits per heavy atom. The predicted molar refractivity (Wildman–Crippen MR) is 214 cm³/mol. The second kappa shape index (κ2) is 8.27. The Kier molecular flexibility index (Phi) is 4.49. The van der Waals surface area contributed by atoms with Crippen molar-refractivity contribution in [2.24, 2.45) is 4.52 Å². The third-order valence-electron chi connectivity index (χ3n) is 12.6. The number of rotatable bonds is 4. The minimum atomic E-state index is -2.37. The number of para-hydroxylation sites is 1. The molecule has 48 heavy (non-hydrogen) atoms. The van der Waals surface area contributed by atoms with Gasteiger partial charge in [0.25, 0.3) is 0 Å². The zero-order chi connectivity index (χ0) is 31.0. The van der Waals surface area contributed by atoms with E-state index in [0.717, 1.165) is 12.4 Å². The molecule has 6 aliphatic rings. The van der Waals surface area contributed by atoms with Crippen molar-refractivity contribution in [1.82, 2.24) is 4.57 Å². The van der Waals surface area contributed by atoms with Gasteiger partial charge in [-0.1, -0.05) is 0 Å². The van der Waals surface area contributed by atoms with Crippen LogP contribution in [0.2, 0.25) is 0 Å². The summed E-state index contributed by atoms with van der Waals surface area (Å²) in [7, 11) is 2.37. The molecule has 5 radical (unpaired) electrons. The van der Waals surface area contributed by atoms with Crippen LogP contribution in [0.15, 0.2) is 144 Å². The Labute approximate surface area is 284 Å². The third-order valence-corrected chi connectivity index (χ3v) is 21.0. The topological polar surface area (TPSA) is 17.3 Å². The Morgan fingerprint density at radius 2 is 1.33 bits per heavy atom. The van der Waals surface area contributed by atoms with Crippen molar-refractivity contribution in [3.05, 3.63) is 162 Å². The minimum absolute atomic E-state index is 0.134. The molecule has 7 heterocycles. The van der Waals surface area contributed by atoms with Crippen LogP contribution in [-0.2, 0) is 5.41 Å². The van der Waals surface area contributed by atoms with Gasteiger partial charge < -0.3 is 0 Å². The molecule has 6 aliphatic heterocycles. The Hall–Kier alpha value is -3.90. The fourth-order valence-electron chi connectivity index (χ4n) is 10.1. The van der Waals surface area contributed by atoms with Gasteiger partial charge in [0.15, 0.2) is 0 Å². The number of aromatic nitrogens is 1. The molecule has 0 spiro atoms. The van der Waals surface area contributed by atoms with Crippen LogP contribution in [0, 0.1) is 0 Å². The second-order valence-electron chi connectivity index (χ2n) is 14.7. The summed E-state index contributed by atoms with van der Waals surface area (Å²) in [6, 6.07) is 53.2. The van der Waals surface area contributed by atoms with Gasteiger partial charge in [-0.2, -0.15) is 0 Å². The molecule has 2 nitrogen and oxygen atoms in total. The molecule has 0 N–H and O–H groups in total. The standard InChI is InChI=1S/C37H23B7N2P2/c1-3-12-24(13-4-1)37(25-14-5-2-6-15-25)27-17-7-8-19-29(27)41-30-20-9-16-26-34-31(46(36(26)30)32-22-10-18-28(37)35(32)41)21-11-23-33(34)48(39-42(48)40-48)45-47-43-38-44(43)47/h1-23H/q-1. The van der Waals surface area contributed by atoms with E-state index >= 15 is 0 Å². The molecule has 11 heteroatoms. The molecule has 7 aromatic rings. The van der Waals surface area contributed by atoms with Crippen molar-refractivity contribution in [3.63, 3.8) is 0 Å². The first-order valence-corrected chi connectivity index (χ1v) is 21.1. The first-order chi connectivity index (χ1) is 23.7. The van der Waals surface area contributed by atoms with Gasteiger partial charge in [0, 0.05) is 0 Å². The van der Waals surface area contributed by atoms with E-state index in [2.05, 4.69) is 165 Å². The van der Waals surface area contributed by atoms with Crippen molar-refractivity contribution < 1.29 is 0 Å². The monoisotopic (exact) mass is 634 g/mol. The number of hydrogen-bond donors (Lipinski definition) is 0. The summed E-state index contributed by atoms with van der Waals surface area (Å²) < 4.78 is 8.47. The van der Waals surface area contributed by atoms with Gasteiger partial charge in [-0.25, -0.2) is 0 Å². The zero-order valence-corrected chi connectivity index (χ0v) is 27.9. The third kappa shape index (κ3) is 2.81. The summed E-state index contributed by atoms with van der Waals surface area (Å²) >= 11 is 0. The average Bonchev–Trinajstić information content (AvgIpc) is 4.07. The van der Waals surface area contributed by atoms with Crippen LogP contribution in [-0.4, -0.2) is 50.8 Å². The van der Waals surface area contributed by atoms with Crippen molar-refractivity contribution in [3.8, 4) is 5.69 Å². The van der Waals surface area contributed by atoms with E-state index in [1.54, 1.807) is 0 Å². The molecular weight excluding hydrogens is 610 g/mol. The molecule has 0 bridgehead atoms. The van der Waals surface area contributed by atoms with Crippen LogP contribution in [0.25, 0.3) is 27.5 Å². The molecule has 0 aliphatic carbocycles. The first kappa shape index (κ1) is 26.0. The quantitative estimate of drug-likeness (QED) is 0.190. The molecule has 0 atom stereocenters.